The van der Waals surface area contributed by atoms with E-state index in [2.05, 4.69) is 15.0 Å². The van der Waals surface area contributed by atoms with E-state index >= 15 is 0 Å². The van der Waals surface area contributed by atoms with Crippen molar-refractivity contribution in [1.29, 1.82) is 0 Å². The van der Waals surface area contributed by atoms with Crippen LogP contribution >= 0.6 is 0 Å². The van der Waals surface area contributed by atoms with E-state index in [0.717, 1.165) is 45.0 Å². The SMILES string of the molecule is CN=C(NCCS(=O)(=O)NCC1CCC1)N(C)CC1CCOC1. The number of hydrogen-bond donors (Lipinski definition) is 2. The molecular formula is C15H30N4O3S. The van der Waals surface area contributed by atoms with Gasteiger partial charge in [-0.2, -0.15) is 0 Å². The number of sulfonamides is 1. The second-order valence-corrected chi connectivity index (χ2v) is 8.47. The molecule has 1 saturated carbocycles. The van der Waals surface area contributed by atoms with Crippen LogP contribution in [-0.2, 0) is 14.8 Å². The summed E-state index contributed by atoms with van der Waals surface area (Å²) in [7, 11) is 0.474. The highest BCUT2D eigenvalue weighted by atomic mass is 32.2. The minimum atomic E-state index is -3.21. The molecule has 2 rings (SSSR count). The summed E-state index contributed by atoms with van der Waals surface area (Å²) in [6, 6.07) is 0. The molecule has 2 N–H and O–H groups in total. The lowest BCUT2D eigenvalue weighted by Gasteiger charge is -2.26. The van der Waals surface area contributed by atoms with Gasteiger partial charge in [0.2, 0.25) is 10.0 Å². The molecule has 0 bridgehead atoms. The van der Waals surface area contributed by atoms with Crippen LogP contribution in [0.1, 0.15) is 25.7 Å². The molecule has 0 aromatic heterocycles. The predicted octanol–water partition coefficient (Wildman–Crippen LogP) is 0.250. The van der Waals surface area contributed by atoms with Crippen molar-refractivity contribution in [1.82, 2.24) is 14.9 Å². The Morgan fingerprint density at radius 2 is 2.09 bits per heavy atom. The Balaban J connectivity index is 1.67. The smallest absolute Gasteiger partial charge is 0.213 e. The number of aliphatic imine (C=N–C) groups is 1. The Bertz CT molecular complexity index is 485. The molecule has 134 valence electrons. The lowest BCUT2D eigenvalue weighted by atomic mass is 9.86. The van der Waals surface area contributed by atoms with Crippen molar-refractivity contribution in [2.75, 3.05) is 52.7 Å². The van der Waals surface area contributed by atoms with Crippen LogP contribution in [0.5, 0.6) is 0 Å². The first-order valence-electron chi connectivity index (χ1n) is 8.47. The van der Waals surface area contributed by atoms with Gasteiger partial charge in [-0.1, -0.05) is 6.42 Å². The average molecular weight is 346 g/mol. The summed E-state index contributed by atoms with van der Waals surface area (Å²) in [6.45, 7) is 3.43. The summed E-state index contributed by atoms with van der Waals surface area (Å²) < 4.78 is 32.0. The fourth-order valence-corrected chi connectivity index (χ4v) is 3.90. The first-order valence-corrected chi connectivity index (χ1v) is 10.1. The van der Waals surface area contributed by atoms with Crippen molar-refractivity contribution >= 4 is 16.0 Å². The maximum absolute atomic E-state index is 12.0. The maximum atomic E-state index is 12.0. The van der Waals surface area contributed by atoms with Crippen LogP contribution in [0.3, 0.4) is 0 Å². The Hall–Kier alpha value is -0.860. The van der Waals surface area contributed by atoms with Crippen molar-refractivity contribution in [3.63, 3.8) is 0 Å². The monoisotopic (exact) mass is 346 g/mol. The van der Waals surface area contributed by atoms with Gasteiger partial charge in [0.25, 0.3) is 0 Å². The first kappa shape index (κ1) is 18.5. The van der Waals surface area contributed by atoms with Gasteiger partial charge in [-0.25, -0.2) is 13.1 Å². The van der Waals surface area contributed by atoms with Crippen LogP contribution in [0.25, 0.3) is 0 Å². The highest BCUT2D eigenvalue weighted by Crippen LogP contribution is 2.25. The third kappa shape index (κ3) is 6.27. The van der Waals surface area contributed by atoms with Crippen molar-refractivity contribution in [2.24, 2.45) is 16.8 Å². The summed E-state index contributed by atoms with van der Waals surface area (Å²) >= 11 is 0. The Labute approximate surface area is 139 Å². The lowest BCUT2D eigenvalue weighted by Crippen LogP contribution is -2.44. The minimum Gasteiger partial charge on any atom is -0.381 e. The third-order valence-electron chi connectivity index (χ3n) is 4.60. The second kappa shape index (κ2) is 8.84. The van der Waals surface area contributed by atoms with Crippen LogP contribution in [0, 0.1) is 11.8 Å². The van der Waals surface area contributed by atoms with Gasteiger partial charge >= 0.3 is 0 Å². The van der Waals surface area contributed by atoms with E-state index in [9.17, 15) is 8.42 Å². The summed E-state index contributed by atoms with van der Waals surface area (Å²) in [6.07, 6.45) is 4.58. The summed E-state index contributed by atoms with van der Waals surface area (Å²) in [5, 5.41) is 3.13. The maximum Gasteiger partial charge on any atom is 0.213 e. The van der Waals surface area contributed by atoms with Crippen LogP contribution < -0.4 is 10.0 Å². The van der Waals surface area contributed by atoms with Crippen molar-refractivity contribution in [3.05, 3.63) is 0 Å². The molecule has 0 aromatic rings. The zero-order valence-electron chi connectivity index (χ0n) is 14.3. The molecule has 0 aromatic carbocycles. The zero-order chi connectivity index (χ0) is 16.7. The minimum absolute atomic E-state index is 0.0686. The highest BCUT2D eigenvalue weighted by Gasteiger charge is 2.21. The standard InChI is InChI=1S/C15H30N4O3S/c1-16-15(19(2)11-14-6-8-22-12-14)17-7-9-23(20,21)18-10-13-4-3-5-13/h13-14,18H,3-12H2,1-2H3,(H,16,17). The number of rotatable bonds is 8. The molecule has 1 aliphatic carbocycles. The fourth-order valence-electron chi connectivity index (χ4n) is 2.90. The fraction of sp³-hybridized carbons (Fsp3) is 0.933. The Kier molecular flexibility index (Phi) is 7.10. The molecule has 0 spiro atoms. The van der Waals surface area contributed by atoms with Crippen molar-refractivity contribution in [2.45, 2.75) is 25.7 Å². The number of hydrogen-bond acceptors (Lipinski definition) is 4. The first-order chi connectivity index (χ1) is 11.0. The summed E-state index contributed by atoms with van der Waals surface area (Å²) in [4.78, 5) is 6.26. The average Bonchev–Trinajstić information content (AvgIpc) is 2.94. The Morgan fingerprint density at radius 3 is 2.65 bits per heavy atom. The normalized spacial score (nSPS) is 22.9. The van der Waals surface area contributed by atoms with Gasteiger partial charge in [0, 0.05) is 46.3 Å². The molecule has 23 heavy (non-hydrogen) atoms. The molecule has 0 amide bonds. The van der Waals surface area contributed by atoms with Gasteiger partial charge < -0.3 is 15.0 Å². The van der Waals surface area contributed by atoms with E-state index in [1.54, 1.807) is 7.05 Å². The van der Waals surface area contributed by atoms with E-state index in [4.69, 9.17) is 4.74 Å². The number of nitrogens with zero attached hydrogens (tertiary/aromatic N) is 2. The van der Waals surface area contributed by atoms with Crippen LogP contribution in [0.2, 0.25) is 0 Å². The Morgan fingerprint density at radius 1 is 1.30 bits per heavy atom. The molecule has 1 unspecified atom stereocenters. The summed E-state index contributed by atoms with van der Waals surface area (Å²) in [5.41, 5.74) is 0. The van der Waals surface area contributed by atoms with Gasteiger partial charge in [-0.05, 0) is 25.2 Å². The van der Waals surface area contributed by atoms with E-state index in [0.29, 0.717) is 24.9 Å². The zero-order valence-corrected chi connectivity index (χ0v) is 15.1. The molecule has 7 nitrogen and oxygen atoms in total. The predicted molar refractivity (Wildman–Crippen MR) is 92.0 cm³/mol. The van der Waals surface area contributed by atoms with Gasteiger partial charge in [-0.3, -0.25) is 4.99 Å². The molecule has 2 fully saturated rings. The molecule has 1 aliphatic heterocycles. The van der Waals surface area contributed by atoms with Gasteiger partial charge in [0.15, 0.2) is 5.96 Å². The van der Waals surface area contributed by atoms with E-state index < -0.39 is 10.0 Å². The molecule has 1 heterocycles. The van der Waals surface area contributed by atoms with Crippen molar-refractivity contribution in [3.8, 4) is 0 Å². The lowest BCUT2D eigenvalue weighted by molar-refractivity contribution is 0.181. The van der Waals surface area contributed by atoms with Gasteiger partial charge in [0.05, 0.1) is 12.4 Å². The molecule has 2 aliphatic rings. The molecule has 1 saturated heterocycles. The van der Waals surface area contributed by atoms with Gasteiger partial charge in [0.1, 0.15) is 0 Å². The molecule has 8 heteroatoms. The number of nitrogens with one attached hydrogen (secondary N) is 2. The summed E-state index contributed by atoms with van der Waals surface area (Å²) in [5.74, 6) is 1.85. The third-order valence-corrected chi connectivity index (χ3v) is 5.95. The van der Waals surface area contributed by atoms with Crippen LogP contribution in [0.4, 0.5) is 0 Å². The van der Waals surface area contributed by atoms with Crippen LogP contribution in [0.15, 0.2) is 4.99 Å². The van der Waals surface area contributed by atoms with E-state index in [-0.39, 0.29) is 5.75 Å². The number of ether oxygens (including phenoxy) is 1. The molecule has 1 atom stereocenters. The van der Waals surface area contributed by atoms with E-state index in [1.165, 1.54) is 6.42 Å². The van der Waals surface area contributed by atoms with Crippen molar-refractivity contribution < 1.29 is 13.2 Å². The second-order valence-electron chi connectivity index (χ2n) is 6.55. The highest BCUT2D eigenvalue weighted by molar-refractivity contribution is 7.89. The van der Waals surface area contributed by atoms with Crippen LogP contribution in [-0.4, -0.2) is 72.0 Å². The van der Waals surface area contributed by atoms with Gasteiger partial charge in [-0.15, -0.1) is 0 Å². The largest absolute Gasteiger partial charge is 0.381 e. The number of guanidine groups is 1. The quantitative estimate of drug-likeness (QED) is 0.486. The topological polar surface area (TPSA) is 83.0 Å². The van der Waals surface area contributed by atoms with E-state index in [1.807, 2.05) is 11.9 Å². The molecular weight excluding hydrogens is 316 g/mol. The molecule has 0 radical (unpaired) electrons.